The van der Waals surface area contributed by atoms with E-state index in [1.807, 2.05) is 0 Å². The lowest BCUT2D eigenvalue weighted by Crippen LogP contribution is -2.16. The lowest BCUT2D eigenvalue weighted by Gasteiger charge is -2.13. The van der Waals surface area contributed by atoms with Gasteiger partial charge in [0.25, 0.3) is 12.3 Å². The molecule has 0 bridgehead atoms. The third-order valence-electron chi connectivity index (χ3n) is 4.33. The van der Waals surface area contributed by atoms with E-state index in [-0.39, 0.29) is 23.8 Å². The van der Waals surface area contributed by atoms with Gasteiger partial charge in [-0.05, 0) is 30.7 Å². The number of para-hydroxylation sites is 1. The number of carbonyl (C=O) groups is 2. The Morgan fingerprint density at radius 3 is 2.57 bits per heavy atom. The van der Waals surface area contributed by atoms with Crippen molar-refractivity contribution < 1.29 is 27.5 Å². The second-order valence-electron chi connectivity index (χ2n) is 6.44. The van der Waals surface area contributed by atoms with E-state index in [1.165, 1.54) is 26.2 Å². The fraction of sp³-hybridized carbons (Fsp3) is 0.190. The van der Waals surface area contributed by atoms with Gasteiger partial charge >= 0.3 is 0 Å². The van der Waals surface area contributed by atoms with Gasteiger partial charge in [0.1, 0.15) is 12.5 Å². The smallest absolute Gasteiger partial charge is 0.276 e. The summed E-state index contributed by atoms with van der Waals surface area (Å²) in [7, 11) is 1.37. The van der Waals surface area contributed by atoms with Crippen LogP contribution in [-0.2, 0) is 11.5 Å². The molecule has 0 spiro atoms. The topological polar surface area (TPSA) is 73.2 Å². The van der Waals surface area contributed by atoms with Crippen molar-refractivity contribution in [3.05, 3.63) is 71.3 Å². The normalized spacial score (nSPS) is 11.0. The predicted molar refractivity (Wildman–Crippen MR) is 104 cm³/mol. The number of rotatable bonds is 7. The van der Waals surface area contributed by atoms with Gasteiger partial charge < -0.3 is 10.1 Å². The molecular weight excluding hydrogens is 399 g/mol. The van der Waals surface area contributed by atoms with E-state index in [0.717, 1.165) is 16.9 Å². The molecule has 1 heterocycles. The Morgan fingerprint density at radius 1 is 1.17 bits per heavy atom. The molecular formula is C21H18F3N3O3. The van der Waals surface area contributed by atoms with Crippen LogP contribution in [0.25, 0.3) is 11.1 Å². The number of carbonyl (C=O) groups excluding carboxylic acids is 2. The van der Waals surface area contributed by atoms with Crippen molar-refractivity contribution in [3.63, 3.8) is 0 Å². The third kappa shape index (κ3) is 4.41. The molecule has 0 radical (unpaired) electrons. The highest BCUT2D eigenvalue weighted by Crippen LogP contribution is 2.32. The Morgan fingerprint density at radius 2 is 1.90 bits per heavy atom. The summed E-state index contributed by atoms with van der Waals surface area (Å²) in [5, 5.41) is 6.44. The zero-order valence-corrected chi connectivity index (χ0v) is 16.2. The number of hydrogen-bond acceptors (Lipinski definition) is 4. The maximum absolute atomic E-state index is 13.6. The lowest BCUT2D eigenvalue weighted by molar-refractivity contribution is 0.0995. The van der Waals surface area contributed by atoms with E-state index >= 15 is 0 Å². The number of amides is 1. The first-order chi connectivity index (χ1) is 14.3. The molecule has 6 nitrogen and oxygen atoms in total. The number of halogens is 3. The highest BCUT2D eigenvalue weighted by molar-refractivity contribution is 6.08. The molecule has 3 aromatic rings. The number of nitrogens with zero attached hydrogens (tertiary/aromatic N) is 2. The van der Waals surface area contributed by atoms with Crippen LogP contribution in [0.15, 0.2) is 48.7 Å². The Balaban J connectivity index is 2.01. The van der Waals surface area contributed by atoms with Crippen LogP contribution in [-0.4, -0.2) is 28.6 Å². The molecule has 1 N–H and O–H groups in total. The van der Waals surface area contributed by atoms with E-state index in [2.05, 4.69) is 10.4 Å². The maximum Gasteiger partial charge on any atom is 0.276 e. The summed E-state index contributed by atoms with van der Waals surface area (Å²) in [4.78, 5) is 24.7. The first kappa shape index (κ1) is 21.3. The molecule has 9 heteroatoms. The van der Waals surface area contributed by atoms with Crippen LogP contribution < -0.4 is 5.32 Å². The summed E-state index contributed by atoms with van der Waals surface area (Å²) in [5.41, 5.74) is 0.258. The van der Waals surface area contributed by atoms with Gasteiger partial charge in [-0.2, -0.15) is 5.10 Å². The highest BCUT2D eigenvalue weighted by atomic mass is 19.3. The molecule has 156 valence electrons. The monoisotopic (exact) mass is 417 g/mol. The number of Topliss-reactive ketones (excluding diaryl/α,β-unsaturated/α-hetero) is 1. The molecule has 0 saturated carbocycles. The minimum atomic E-state index is -2.91. The Hall–Kier alpha value is -3.46. The van der Waals surface area contributed by atoms with E-state index in [0.29, 0.717) is 11.1 Å². The molecule has 0 aliphatic rings. The molecule has 0 saturated heterocycles. The molecule has 1 amide bonds. The van der Waals surface area contributed by atoms with Crippen molar-refractivity contribution >= 4 is 17.4 Å². The lowest BCUT2D eigenvalue weighted by atomic mass is 9.96. The summed E-state index contributed by atoms with van der Waals surface area (Å²) in [5.74, 6) is -1.78. The number of ether oxygens (including phenoxy) is 1. The Labute approximate surface area is 170 Å². The maximum atomic E-state index is 13.6. The van der Waals surface area contributed by atoms with Gasteiger partial charge in [-0.25, -0.2) is 17.9 Å². The highest BCUT2D eigenvalue weighted by Gasteiger charge is 2.24. The minimum absolute atomic E-state index is 0.0961. The van der Waals surface area contributed by atoms with Crippen LogP contribution in [0.4, 0.5) is 18.9 Å². The van der Waals surface area contributed by atoms with Crippen LogP contribution >= 0.6 is 0 Å². The van der Waals surface area contributed by atoms with Crippen LogP contribution in [0.2, 0.25) is 0 Å². The molecule has 0 fully saturated rings. The van der Waals surface area contributed by atoms with Gasteiger partial charge in [0.15, 0.2) is 11.5 Å². The number of alkyl halides is 2. The molecule has 1 aromatic heterocycles. The largest absolute Gasteiger partial charge is 0.362 e. The van der Waals surface area contributed by atoms with Gasteiger partial charge in [-0.1, -0.05) is 24.3 Å². The van der Waals surface area contributed by atoms with Gasteiger partial charge in [0, 0.05) is 30.1 Å². The minimum Gasteiger partial charge on any atom is -0.362 e. The number of methoxy groups -OCH3 is 1. The number of benzene rings is 2. The summed E-state index contributed by atoms with van der Waals surface area (Å²) in [6.45, 7) is 1.21. The number of anilines is 1. The first-order valence-corrected chi connectivity index (χ1v) is 8.87. The fourth-order valence-electron chi connectivity index (χ4n) is 3.02. The predicted octanol–water partition coefficient (Wildman–Crippen LogP) is 4.69. The van der Waals surface area contributed by atoms with Crippen molar-refractivity contribution in [2.45, 2.75) is 20.1 Å². The summed E-state index contributed by atoms with van der Waals surface area (Å²) in [6.07, 6.45) is -1.86. The van der Waals surface area contributed by atoms with E-state index in [9.17, 15) is 22.8 Å². The molecule has 0 aliphatic heterocycles. The zero-order valence-electron chi connectivity index (χ0n) is 16.2. The summed E-state index contributed by atoms with van der Waals surface area (Å²) < 4.78 is 46.3. The van der Waals surface area contributed by atoms with Gasteiger partial charge in [-0.15, -0.1) is 0 Å². The Bertz CT molecular complexity index is 1100. The zero-order chi connectivity index (χ0) is 21.8. The van der Waals surface area contributed by atoms with Crippen molar-refractivity contribution in [2.24, 2.45) is 0 Å². The average Bonchev–Trinajstić information content (AvgIpc) is 3.13. The standard InChI is InChI=1S/C21H18F3N3O3/c1-12(28)16-9-13(22)7-8-14(16)15-5-3-4-6-18(15)25-21(29)19-17(20(23)24)10-27(26-19)11-30-2/h3-10,20H,11H2,1-2H3,(H,25,29). The summed E-state index contributed by atoms with van der Waals surface area (Å²) in [6, 6.07) is 10.2. The van der Waals surface area contributed by atoms with Crippen LogP contribution in [0.5, 0.6) is 0 Å². The van der Waals surface area contributed by atoms with Crippen LogP contribution in [0, 0.1) is 5.82 Å². The molecule has 0 atom stereocenters. The number of nitrogens with one attached hydrogen (secondary N) is 1. The quantitative estimate of drug-likeness (QED) is 0.567. The third-order valence-corrected chi connectivity index (χ3v) is 4.33. The fourth-order valence-corrected chi connectivity index (χ4v) is 3.02. The second kappa shape index (κ2) is 8.91. The molecule has 0 aliphatic carbocycles. The Kier molecular flexibility index (Phi) is 6.31. The molecule has 3 rings (SSSR count). The average molecular weight is 417 g/mol. The van der Waals surface area contributed by atoms with Gasteiger partial charge in [-0.3, -0.25) is 9.59 Å². The van der Waals surface area contributed by atoms with Crippen molar-refractivity contribution in [2.75, 3.05) is 12.4 Å². The summed E-state index contributed by atoms with van der Waals surface area (Å²) >= 11 is 0. The van der Waals surface area contributed by atoms with Crippen LogP contribution in [0.1, 0.15) is 39.8 Å². The van der Waals surface area contributed by atoms with Crippen LogP contribution in [0.3, 0.4) is 0 Å². The molecule has 2 aromatic carbocycles. The van der Waals surface area contributed by atoms with E-state index in [4.69, 9.17) is 4.74 Å². The molecule has 0 unspecified atom stereocenters. The molecule has 30 heavy (non-hydrogen) atoms. The second-order valence-corrected chi connectivity index (χ2v) is 6.44. The number of aromatic nitrogens is 2. The van der Waals surface area contributed by atoms with E-state index in [1.54, 1.807) is 24.3 Å². The van der Waals surface area contributed by atoms with Gasteiger partial charge in [0.2, 0.25) is 0 Å². The van der Waals surface area contributed by atoms with E-state index < -0.39 is 29.4 Å². The first-order valence-electron chi connectivity index (χ1n) is 8.87. The number of ketones is 1. The van der Waals surface area contributed by atoms with Crippen molar-refractivity contribution in [1.29, 1.82) is 0 Å². The van der Waals surface area contributed by atoms with Gasteiger partial charge in [0.05, 0.1) is 5.56 Å². The van der Waals surface area contributed by atoms with Crippen molar-refractivity contribution in [3.8, 4) is 11.1 Å². The number of hydrogen-bond donors (Lipinski definition) is 1. The SMILES string of the molecule is COCn1cc(C(F)F)c(C(=O)Nc2ccccc2-c2ccc(F)cc2C(C)=O)n1. The van der Waals surface area contributed by atoms with Crippen molar-refractivity contribution in [1.82, 2.24) is 9.78 Å².